The van der Waals surface area contributed by atoms with E-state index in [1.165, 1.54) is 5.56 Å². The summed E-state index contributed by atoms with van der Waals surface area (Å²) >= 11 is 0. The van der Waals surface area contributed by atoms with E-state index in [1.54, 1.807) is 12.3 Å². The topological polar surface area (TPSA) is 89.3 Å². The van der Waals surface area contributed by atoms with Gasteiger partial charge in [-0.2, -0.15) is 5.26 Å². The van der Waals surface area contributed by atoms with Crippen LogP contribution in [-0.2, 0) is 11.2 Å². The number of aliphatic carboxylic acids is 1. The molecule has 6 heteroatoms. The second-order valence-electron chi connectivity index (χ2n) is 7.81. The van der Waals surface area contributed by atoms with Crippen molar-refractivity contribution in [3.63, 3.8) is 0 Å². The van der Waals surface area contributed by atoms with Crippen LogP contribution in [0.2, 0.25) is 0 Å². The number of ether oxygens (including phenoxy) is 1. The number of likely N-dealkylation sites (tertiary alicyclic amines) is 1. The van der Waals surface area contributed by atoms with Crippen LogP contribution in [0.5, 0.6) is 5.75 Å². The molecule has 2 aromatic carbocycles. The van der Waals surface area contributed by atoms with Gasteiger partial charge in [0.25, 0.3) is 0 Å². The molecule has 30 heavy (non-hydrogen) atoms. The first-order chi connectivity index (χ1) is 14.7. The lowest BCUT2D eigenvalue weighted by Gasteiger charge is -2.35. The van der Waals surface area contributed by atoms with Crippen molar-refractivity contribution in [3.8, 4) is 11.8 Å². The van der Waals surface area contributed by atoms with Crippen molar-refractivity contribution in [2.24, 2.45) is 5.92 Å². The Hall–Kier alpha value is -3.30. The molecule has 4 rings (SSSR count). The first-order valence-corrected chi connectivity index (χ1v) is 10.3. The molecule has 154 valence electrons. The number of nitriles is 1. The summed E-state index contributed by atoms with van der Waals surface area (Å²) in [5, 5.41) is 19.6. The number of nitrogens with one attached hydrogen (secondary N) is 1. The highest BCUT2D eigenvalue weighted by Gasteiger charge is 2.32. The Balaban J connectivity index is 1.51. The van der Waals surface area contributed by atoms with Gasteiger partial charge in [0.15, 0.2) is 6.61 Å². The minimum absolute atomic E-state index is 0.0391. The van der Waals surface area contributed by atoms with Crippen LogP contribution >= 0.6 is 0 Å². The third-order valence-electron chi connectivity index (χ3n) is 5.90. The Morgan fingerprint density at radius 2 is 2.00 bits per heavy atom. The van der Waals surface area contributed by atoms with Crippen molar-refractivity contribution < 1.29 is 14.6 Å². The molecule has 6 nitrogen and oxygen atoms in total. The number of H-pyrrole nitrogens is 1. The molecule has 0 aliphatic carbocycles. The van der Waals surface area contributed by atoms with E-state index in [9.17, 15) is 9.90 Å². The molecule has 1 aliphatic rings. The van der Waals surface area contributed by atoms with E-state index in [0.717, 1.165) is 48.8 Å². The van der Waals surface area contributed by atoms with E-state index in [4.69, 9.17) is 10.00 Å². The van der Waals surface area contributed by atoms with Crippen molar-refractivity contribution in [2.45, 2.75) is 25.3 Å². The van der Waals surface area contributed by atoms with Gasteiger partial charge in [0, 0.05) is 22.7 Å². The fraction of sp³-hybridized carbons (Fsp3) is 0.333. The lowest BCUT2D eigenvalue weighted by molar-refractivity contribution is -0.144. The predicted molar refractivity (Wildman–Crippen MR) is 114 cm³/mol. The predicted octanol–water partition coefficient (Wildman–Crippen LogP) is 4.15. The number of aromatic nitrogens is 1. The summed E-state index contributed by atoms with van der Waals surface area (Å²) in [5.74, 6) is 0.295. The summed E-state index contributed by atoms with van der Waals surface area (Å²) in [7, 11) is 0. The van der Waals surface area contributed by atoms with Crippen LogP contribution in [0.25, 0.3) is 10.9 Å². The summed E-state index contributed by atoms with van der Waals surface area (Å²) in [6.45, 7) is 1.47. The number of aromatic amines is 1. The SMILES string of the molecule is N#CCOc1ccc2[nH]cc([C@@H](C(=O)O)N3CCC(Cc4ccccc4)CC3)c2c1. The van der Waals surface area contributed by atoms with Gasteiger partial charge in [-0.15, -0.1) is 0 Å². The fourth-order valence-corrected chi connectivity index (χ4v) is 4.40. The largest absolute Gasteiger partial charge is 0.480 e. The Bertz CT molecular complexity index is 1050. The number of rotatable bonds is 7. The number of piperidine rings is 1. The molecule has 3 aromatic rings. The maximum atomic E-state index is 12.2. The van der Waals surface area contributed by atoms with Gasteiger partial charge < -0.3 is 14.8 Å². The van der Waals surface area contributed by atoms with Gasteiger partial charge in [0.1, 0.15) is 17.9 Å². The molecule has 1 saturated heterocycles. The van der Waals surface area contributed by atoms with Crippen molar-refractivity contribution in [1.29, 1.82) is 5.26 Å². The first kappa shape index (κ1) is 20.0. The van der Waals surface area contributed by atoms with Crippen LogP contribution in [0.15, 0.2) is 54.7 Å². The second-order valence-corrected chi connectivity index (χ2v) is 7.81. The highest BCUT2D eigenvalue weighted by molar-refractivity contribution is 5.90. The molecular weight excluding hydrogens is 378 g/mol. The van der Waals surface area contributed by atoms with Gasteiger partial charge in [-0.25, -0.2) is 0 Å². The molecule has 0 spiro atoms. The molecule has 1 aliphatic heterocycles. The molecule has 2 N–H and O–H groups in total. The molecule has 2 heterocycles. The standard InChI is InChI=1S/C24H25N3O3/c25-10-13-30-19-6-7-22-20(15-19)21(16-26-22)23(24(28)29)27-11-8-18(9-12-27)14-17-4-2-1-3-5-17/h1-7,15-16,18,23,26H,8-9,11-14H2,(H,28,29)/t23-/m0/s1. The number of carboxylic acids is 1. The van der Waals surface area contributed by atoms with E-state index in [0.29, 0.717) is 11.7 Å². The van der Waals surface area contributed by atoms with Crippen LogP contribution in [0.4, 0.5) is 0 Å². The van der Waals surface area contributed by atoms with Crippen LogP contribution < -0.4 is 4.74 Å². The number of carbonyl (C=O) groups is 1. The monoisotopic (exact) mass is 403 g/mol. The second kappa shape index (κ2) is 9.02. The van der Waals surface area contributed by atoms with Crippen molar-refractivity contribution in [2.75, 3.05) is 19.7 Å². The summed E-state index contributed by atoms with van der Waals surface area (Å²) < 4.78 is 5.41. The molecule has 1 atom stereocenters. The van der Waals surface area contributed by atoms with E-state index in [-0.39, 0.29) is 6.61 Å². The van der Waals surface area contributed by atoms with E-state index >= 15 is 0 Å². The van der Waals surface area contributed by atoms with Crippen molar-refractivity contribution in [3.05, 3.63) is 65.9 Å². The smallest absolute Gasteiger partial charge is 0.325 e. The van der Waals surface area contributed by atoms with E-state index < -0.39 is 12.0 Å². The van der Waals surface area contributed by atoms with E-state index in [1.807, 2.05) is 24.3 Å². The summed E-state index contributed by atoms with van der Waals surface area (Å²) in [5.41, 5.74) is 2.94. The molecule has 0 saturated carbocycles. The molecule has 1 fully saturated rings. The maximum absolute atomic E-state index is 12.2. The fourth-order valence-electron chi connectivity index (χ4n) is 4.40. The van der Waals surface area contributed by atoms with E-state index in [2.05, 4.69) is 34.1 Å². The Morgan fingerprint density at radius 3 is 2.70 bits per heavy atom. The lowest BCUT2D eigenvalue weighted by Crippen LogP contribution is -2.40. The zero-order valence-corrected chi connectivity index (χ0v) is 16.8. The summed E-state index contributed by atoms with van der Waals surface area (Å²) in [6, 6.07) is 17.2. The molecule has 0 amide bonds. The summed E-state index contributed by atoms with van der Waals surface area (Å²) in [4.78, 5) is 17.5. The molecule has 0 bridgehead atoms. The quantitative estimate of drug-likeness (QED) is 0.619. The zero-order chi connectivity index (χ0) is 20.9. The Labute approximate surface area is 175 Å². The zero-order valence-electron chi connectivity index (χ0n) is 16.8. The molecule has 0 unspecified atom stereocenters. The Kier molecular flexibility index (Phi) is 6.01. The Morgan fingerprint density at radius 1 is 1.23 bits per heavy atom. The van der Waals surface area contributed by atoms with Crippen molar-refractivity contribution in [1.82, 2.24) is 9.88 Å². The van der Waals surface area contributed by atoms with Crippen LogP contribution in [0, 0.1) is 17.2 Å². The number of fused-ring (bicyclic) bond motifs is 1. The third-order valence-corrected chi connectivity index (χ3v) is 5.90. The number of hydrogen-bond acceptors (Lipinski definition) is 4. The maximum Gasteiger partial charge on any atom is 0.325 e. The van der Waals surface area contributed by atoms with Gasteiger partial charge in [0.2, 0.25) is 0 Å². The van der Waals surface area contributed by atoms with Crippen molar-refractivity contribution >= 4 is 16.9 Å². The number of carboxylic acid groups (broad SMARTS) is 1. The number of nitrogens with zero attached hydrogens (tertiary/aromatic N) is 2. The molecule has 1 aromatic heterocycles. The lowest BCUT2D eigenvalue weighted by atomic mass is 9.89. The van der Waals surface area contributed by atoms with Gasteiger partial charge in [0.05, 0.1) is 0 Å². The summed E-state index contributed by atoms with van der Waals surface area (Å²) in [6.07, 6.45) is 4.79. The highest BCUT2D eigenvalue weighted by atomic mass is 16.5. The molecular formula is C24H25N3O3. The van der Waals surface area contributed by atoms with Gasteiger partial charge >= 0.3 is 5.97 Å². The van der Waals surface area contributed by atoms with Gasteiger partial charge in [-0.3, -0.25) is 9.69 Å². The number of hydrogen-bond donors (Lipinski definition) is 2. The van der Waals surface area contributed by atoms with Gasteiger partial charge in [-0.1, -0.05) is 30.3 Å². The normalized spacial score (nSPS) is 16.2. The van der Waals surface area contributed by atoms with Crippen LogP contribution in [0.1, 0.15) is 30.0 Å². The highest BCUT2D eigenvalue weighted by Crippen LogP contribution is 2.34. The van der Waals surface area contributed by atoms with Gasteiger partial charge in [-0.05, 0) is 62.0 Å². The minimum atomic E-state index is -0.847. The molecule has 0 radical (unpaired) electrons. The average molecular weight is 403 g/mol. The number of benzene rings is 2. The third kappa shape index (κ3) is 4.32. The van der Waals surface area contributed by atoms with Crippen LogP contribution in [0.3, 0.4) is 0 Å². The first-order valence-electron chi connectivity index (χ1n) is 10.3. The minimum Gasteiger partial charge on any atom is -0.480 e. The van der Waals surface area contributed by atoms with Crippen LogP contribution in [-0.4, -0.2) is 40.7 Å². The average Bonchev–Trinajstić information content (AvgIpc) is 3.17.